The summed E-state index contributed by atoms with van der Waals surface area (Å²) in [6.45, 7) is 4.30. The van der Waals surface area contributed by atoms with Crippen LogP contribution in [0.1, 0.15) is 34.6 Å². The molecule has 3 rings (SSSR count). The van der Waals surface area contributed by atoms with Gasteiger partial charge in [-0.1, -0.05) is 6.07 Å². The number of benzene rings is 1. The first-order valence-corrected chi connectivity index (χ1v) is 9.20. The van der Waals surface area contributed by atoms with Crippen molar-refractivity contribution in [1.82, 2.24) is 15.3 Å². The van der Waals surface area contributed by atoms with E-state index in [1.165, 1.54) is 0 Å². The van der Waals surface area contributed by atoms with Crippen LogP contribution >= 0.6 is 0 Å². The molecular formula is C20H26N4O3. The Labute approximate surface area is 159 Å². The zero-order valence-electron chi connectivity index (χ0n) is 16.1. The van der Waals surface area contributed by atoms with Crippen LogP contribution < -0.4 is 19.7 Å². The molecule has 0 atom stereocenters. The number of aryl methyl sites for hydroxylation is 1. The predicted molar refractivity (Wildman–Crippen MR) is 104 cm³/mol. The normalized spacial score (nSPS) is 13.5. The van der Waals surface area contributed by atoms with Gasteiger partial charge < -0.3 is 19.7 Å². The van der Waals surface area contributed by atoms with Crippen LogP contribution in [-0.4, -0.2) is 49.7 Å². The third-order valence-corrected chi connectivity index (χ3v) is 4.61. The Morgan fingerprint density at radius 3 is 2.56 bits per heavy atom. The number of amides is 1. The minimum atomic E-state index is -0.179. The summed E-state index contributed by atoms with van der Waals surface area (Å²) < 4.78 is 10.6. The maximum atomic E-state index is 12.5. The lowest BCUT2D eigenvalue weighted by Crippen LogP contribution is -2.28. The second-order valence-electron chi connectivity index (χ2n) is 6.58. The molecule has 2 heterocycles. The molecule has 0 aliphatic carbocycles. The minimum absolute atomic E-state index is 0.179. The van der Waals surface area contributed by atoms with Crippen molar-refractivity contribution < 1.29 is 14.3 Å². The predicted octanol–water partition coefficient (Wildman–Crippen LogP) is 2.37. The summed E-state index contributed by atoms with van der Waals surface area (Å²) in [4.78, 5) is 23.6. The van der Waals surface area contributed by atoms with Crippen LogP contribution in [0, 0.1) is 6.92 Å². The molecule has 0 saturated carbocycles. The molecule has 1 aromatic carbocycles. The van der Waals surface area contributed by atoms with Gasteiger partial charge in [0.05, 0.1) is 14.2 Å². The highest BCUT2D eigenvalue weighted by Gasteiger charge is 2.18. The van der Waals surface area contributed by atoms with Crippen LogP contribution in [-0.2, 0) is 6.42 Å². The molecule has 144 valence electrons. The molecule has 27 heavy (non-hydrogen) atoms. The molecule has 1 aromatic heterocycles. The Morgan fingerprint density at radius 1 is 1.11 bits per heavy atom. The number of carbonyl (C=O) groups excluding carboxylic acids is 1. The van der Waals surface area contributed by atoms with Crippen LogP contribution in [0.2, 0.25) is 0 Å². The van der Waals surface area contributed by atoms with Crippen LogP contribution in [0.3, 0.4) is 0 Å². The average Bonchev–Trinajstić information content (AvgIpc) is 3.22. The van der Waals surface area contributed by atoms with Gasteiger partial charge in [0.2, 0.25) is 5.95 Å². The molecule has 1 amide bonds. The van der Waals surface area contributed by atoms with Crippen molar-refractivity contribution in [2.75, 3.05) is 38.8 Å². The molecule has 0 bridgehead atoms. The van der Waals surface area contributed by atoms with Gasteiger partial charge in [-0.05, 0) is 49.9 Å². The Kier molecular flexibility index (Phi) is 6.11. The minimum Gasteiger partial charge on any atom is -0.493 e. The number of nitrogens with zero attached hydrogens (tertiary/aromatic N) is 3. The molecule has 1 fully saturated rings. The van der Waals surface area contributed by atoms with Crippen molar-refractivity contribution in [3.63, 3.8) is 0 Å². The zero-order valence-corrected chi connectivity index (χ0v) is 16.1. The molecule has 0 radical (unpaired) electrons. The Morgan fingerprint density at radius 2 is 1.85 bits per heavy atom. The number of nitrogens with one attached hydrogen (secondary N) is 1. The number of methoxy groups -OCH3 is 2. The van der Waals surface area contributed by atoms with Crippen LogP contribution in [0.25, 0.3) is 0 Å². The second-order valence-corrected chi connectivity index (χ2v) is 6.58. The number of aromatic nitrogens is 2. The van der Waals surface area contributed by atoms with Crippen molar-refractivity contribution in [1.29, 1.82) is 0 Å². The summed E-state index contributed by atoms with van der Waals surface area (Å²) in [6.07, 6.45) is 2.98. The Bertz CT molecular complexity index is 804. The lowest BCUT2D eigenvalue weighted by atomic mass is 10.1. The van der Waals surface area contributed by atoms with E-state index < -0.39 is 0 Å². The monoisotopic (exact) mass is 370 g/mol. The maximum Gasteiger partial charge on any atom is 0.270 e. The van der Waals surface area contributed by atoms with E-state index in [0.29, 0.717) is 36.1 Å². The zero-order chi connectivity index (χ0) is 19.2. The first-order valence-electron chi connectivity index (χ1n) is 9.20. The van der Waals surface area contributed by atoms with Gasteiger partial charge >= 0.3 is 0 Å². The number of carbonyl (C=O) groups is 1. The van der Waals surface area contributed by atoms with Gasteiger partial charge in [-0.3, -0.25) is 4.79 Å². The van der Waals surface area contributed by atoms with Crippen LogP contribution in [0.15, 0.2) is 24.3 Å². The van der Waals surface area contributed by atoms with E-state index in [2.05, 4.69) is 20.2 Å². The van der Waals surface area contributed by atoms with Gasteiger partial charge in [-0.2, -0.15) is 0 Å². The van der Waals surface area contributed by atoms with Gasteiger partial charge in [-0.15, -0.1) is 0 Å². The van der Waals surface area contributed by atoms with E-state index >= 15 is 0 Å². The van der Waals surface area contributed by atoms with Crippen molar-refractivity contribution in [2.45, 2.75) is 26.2 Å². The SMILES string of the molecule is COc1ccc(CCNC(=O)c2cc(C)nc(N3CCCC3)n2)cc1OC. The molecule has 1 aliphatic heterocycles. The summed E-state index contributed by atoms with van der Waals surface area (Å²) in [5.74, 6) is 1.85. The highest BCUT2D eigenvalue weighted by atomic mass is 16.5. The molecule has 1 N–H and O–H groups in total. The van der Waals surface area contributed by atoms with E-state index in [0.717, 1.165) is 37.2 Å². The lowest BCUT2D eigenvalue weighted by molar-refractivity contribution is 0.0949. The van der Waals surface area contributed by atoms with E-state index in [1.54, 1.807) is 20.3 Å². The molecule has 2 aromatic rings. The van der Waals surface area contributed by atoms with Gasteiger partial charge in [0, 0.05) is 25.3 Å². The summed E-state index contributed by atoms with van der Waals surface area (Å²) in [6, 6.07) is 7.48. The fourth-order valence-electron chi connectivity index (χ4n) is 3.17. The number of anilines is 1. The molecule has 0 unspecified atom stereocenters. The standard InChI is InChI=1S/C20H26N4O3/c1-14-12-16(23-20(22-14)24-10-4-5-11-24)19(25)21-9-8-15-6-7-17(26-2)18(13-15)27-3/h6-7,12-13H,4-5,8-11H2,1-3H3,(H,21,25). The van der Waals surface area contributed by atoms with Crippen LogP contribution in [0.5, 0.6) is 11.5 Å². The summed E-state index contributed by atoms with van der Waals surface area (Å²) in [7, 11) is 3.22. The number of hydrogen-bond donors (Lipinski definition) is 1. The number of ether oxygens (including phenoxy) is 2. The largest absolute Gasteiger partial charge is 0.493 e. The fourth-order valence-corrected chi connectivity index (χ4v) is 3.17. The molecular weight excluding hydrogens is 344 g/mol. The quantitative estimate of drug-likeness (QED) is 0.806. The van der Waals surface area contributed by atoms with E-state index in [-0.39, 0.29) is 5.91 Å². The van der Waals surface area contributed by atoms with Gasteiger partial charge in [-0.25, -0.2) is 9.97 Å². The Hall–Kier alpha value is -2.83. The average molecular weight is 370 g/mol. The molecule has 7 nitrogen and oxygen atoms in total. The van der Waals surface area contributed by atoms with E-state index in [4.69, 9.17) is 9.47 Å². The van der Waals surface area contributed by atoms with Gasteiger partial charge in [0.15, 0.2) is 11.5 Å². The van der Waals surface area contributed by atoms with Crippen molar-refractivity contribution in [3.8, 4) is 11.5 Å². The highest BCUT2D eigenvalue weighted by Crippen LogP contribution is 2.27. The van der Waals surface area contributed by atoms with Gasteiger partial charge in [0.25, 0.3) is 5.91 Å². The van der Waals surface area contributed by atoms with Crippen molar-refractivity contribution >= 4 is 11.9 Å². The molecule has 1 saturated heterocycles. The summed E-state index contributed by atoms with van der Waals surface area (Å²) >= 11 is 0. The molecule has 1 aliphatic rings. The first-order chi connectivity index (χ1) is 13.1. The van der Waals surface area contributed by atoms with E-state index in [1.807, 2.05) is 25.1 Å². The fraction of sp³-hybridized carbons (Fsp3) is 0.450. The summed E-state index contributed by atoms with van der Waals surface area (Å²) in [5, 5.41) is 2.94. The molecule has 7 heteroatoms. The topological polar surface area (TPSA) is 76.6 Å². The number of hydrogen-bond acceptors (Lipinski definition) is 6. The Balaban J connectivity index is 1.61. The third kappa shape index (κ3) is 4.67. The maximum absolute atomic E-state index is 12.5. The van der Waals surface area contributed by atoms with Crippen molar-refractivity contribution in [2.24, 2.45) is 0 Å². The van der Waals surface area contributed by atoms with Gasteiger partial charge in [0.1, 0.15) is 5.69 Å². The van der Waals surface area contributed by atoms with Crippen LogP contribution in [0.4, 0.5) is 5.95 Å². The lowest BCUT2D eigenvalue weighted by Gasteiger charge is -2.16. The number of rotatable bonds is 7. The van der Waals surface area contributed by atoms with E-state index in [9.17, 15) is 4.79 Å². The third-order valence-electron chi connectivity index (χ3n) is 4.61. The smallest absolute Gasteiger partial charge is 0.270 e. The van der Waals surface area contributed by atoms with Crippen molar-refractivity contribution in [3.05, 3.63) is 41.2 Å². The highest BCUT2D eigenvalue weighted by molar-refractivity contribution is 5.92. The first kappa shape index (κ1) is 18.9. The summed E-state index contributed by atoms with van der Waals surface area (Å²) in [5.41, 5.74) is 2.28. The second kappa shape index (κ2) is 8.70. The molecule has 0 spiro atoms.